The summed E-state index contributed by atoms with van der Waals surface area (Å²) in [7, 11) is 5.49. The lowest BCUT2D eigenvalue weighted by Gasteiger charge is -2.17. The SMILES string of the molecule is COc1cnn(CCN(C)C)c1C(N)CCOCC(F)F. The van der Waals surface area contributed by atoms with Crippen LogP contribution in [0.15, 0.2) is 6.20 Å². The summed E-state index contributed by atoms with van der Waals surface area (Å²) in [6.45, 7) is 1.10. The Hall–Kier alpha value is -1.25. The van der Waals surface area contributed by atoms with Gasteiger partial charge < -0.3 is 20.1 Å². The third kappa shape index (κ3) is 5.94. The van der Waals surface area contributed by atoms with Crippen molar-refractivity contribution in [2.75, 3.05) is 41.0 Å². The molecular weight excluding hydrogens is 282 g/mol. The summed E-state index contributed by atoms with van der Waals surface area (Å²) in [6.07, 6.45) is -0.414. The molecule has 0 radical (unpaired) electrons. The number of aromatic nitrogens is 2. The summed E-state index contributed by atoms with van der Waals surface area (Å²) in [4.78, 5) is 2.04. The van der Waals surface area contributed by atoms with Gasteiger partial charge in [0.05, 0.1) is 31.6 Å². The van der Waals surface area contributed by atoms with Crippen molar-refractivity contribution in [1.29, 1.82) is 0 Å². The molecule has 0 saturated heterocycles. The van der Waals surface area contributed by atoms with E-state index >= 15 is 0 Å². The highest BCUT2D eigenvalue weighted by Crippen LogP contribution is 2.25. The molecule has 2 N–H and O–H groups in total. The second-order valence-electron chi connectivity index (χ2n) is 4.99. The fourth-order valence-electron chi connectivity index (χ4n) is 1.90. The molecule has 0 aromatic carbocycles. The minimum absolute atomic E-state index is 0.174. The quantitative estimate of drug-likeness (QED) is 0.656. The van der Waals surface area contributed by atoms with Crippen molar-refractivity contribution in [2.45, 2.75) is 25.4 Å². The maximum atomic E-state index is 12.0. The molecule has 1 atom stereocenters. The number of hydrogen-bond acceptors (Lipinski definition) is 5. The smallest absolute Gasteiger partial charge is 0.261 e. The van der Waals surface area contributed by atoms with Crippen molar-refractivity contribution in [3.05, 3.63) is 11.9 Å². The number of nitrogens with two attached hydrogens (primary N) is 1. The van der Waals surface area contributed by atoms with Gasteiger partial charge >= 0.3 is 0 Å². The van der Waals surface area contributed by atoms with Gasteiger partial charge in [0.15, 0.2) is 5.75 Å². The van der Waals surface area contributed by atoms with E-state index in [4.69, 9.17) is 15.2 Å². The molecule has 0 aliphatic heterocycles. The van der Waals surface area contributed by atoms with Gasteiger partial charge in [-0.1, -0.05) is 0 Å². The number of halogens is 2. The van der Waals surface area contributed by atoms with Gasteiger partial charge in [-0.25, -0.2) is 8.78 Å². The van der Waals surface area contributed by atoms with Crippen LogP contribution in [0.3, 0.4) is 0 Å². The predicted octanol–water partition coefficient (Wildman–Crippen LogP) is 1.12. The minimum Gasteiger partial charge on any atom is -0.493 e. The van der Waals surface area contributed by atoms with Crippen molar-refractivity contribution in [1.82, 2.24) is 14.7 Å². The minimum atomic E-state index is -2.46. The highest BCUT2D eigenvalue weighted by Gasteiger charge is 2.19. The van der Waals surface area contributed by atoms with Gasteiger partial charge in [0.1, 0.15) is 6.61 Å². The molecule has 1 heterocycles. The van der Waals surface area contributed by atoms with E-state index in [1.54, 1.807) is 18.0 Å². The molecule has 6 nitrogen and oxygen atoms in total. The van der Waals surface area contributed by atoms with Crippen LogP contribution < -0.4 is 10.5 Å². The van der Waals surface area contributed by atoms with E-state index in [-0.39, 0.29) is 12.6 Å². The van der Waals surface area contributed by atoms with Crippen molar-refractivity contribution >= 4 is 0 Å². The summed E-state index contributed by atoms with van der Waals surface area (Å²) in [6, 6.07) is -0.373. The number of hydrogen-bond donors (Lipinski definition) is 1. The van der Waals surface area contributed by atoms with E-state index in [2.05, 4.69) is 5.10 Å². The van der Waals surface area contributed by atoms with Crippen LogP contribution in [0.4, 0.5) is 8.78 Å². The third-order valence-corrected chi connectivity index (χ3v) is 2.99. The van der Waals surface area contributed by atoms with Crippen molar-refractivity contribution in [3.63, 3.8) is 0 Å². The summed E-state index contributed by atoms with van der Waals surface area (Å²) in [5.41, 5.74) is 6.88. The van der Waals surface area contributed by atoms with Gasteiger partial charge in [-0.05, 0) is 20.5 Å². The Balaban J connectivity index is 2.62. The van der Waals surface area contributed by atoms with Crippen LogP contribution in [-0.4, -0.2) is 62.1 Å². The zero-order valence-corrected chi connectivity index (χ0v) is 12.8. The maximum absolute atomic E-state index is 12.0. The lowest BCUT2D eigenvalue weighted by molar-refractivity contribution is 0.0150. The number of alkyl halides is 2. The summed E-state index contributed by atoms with van der Waals surface area (Å²) >= 11 is 0. The second kappa shape index (κ2) is 8.91. The molecule has 1 unspecified atom stereocenters. The Morgan fingerprint density at radius 3 is 2.71 bits per heavy atom. The fourth-order valence-corrected chi connectivity index (χ4v) is 1.90. The molecule has 122 valence electrons. The molecule has 0 bridgehead atoms. The second-order valence-corrected chi connectivity index (χ2v) is 4.99. The van der Waals surface area contributed by atoms with Gasteiger partial charge in [0.2, 0.25) is 0 Å². The maximum Gasteiger partial charge on any atom is 0.261 e. The molecule has 21 heavy (non-hydrogen) atoms. The largest absolute Gasteiger partial charge is 0.493 e. The lowest BCUT2D eigenvalue weighted by atomic mass is 10.1. The van der Waals surface area contributed by atoms with Crippen LogP contribution in [0.2, 0.25) is 0 Å². The molecule has 1 aromatic rings. The summed E-state index contributed by atoms with van der Waals surface area (Å²) in [5.74, 6) is 0.607. The Labute approximate surface area is 123 Å². The van der Waals surface area contributed by atoms with Crippen LogP contribution in [0.1, 0.15) is 18.2 Å². The first-order valence-corrected chi connectivity index (χ1v) is 6.81. The Morgan fingerprint density at radius 1 is 1.43 bits per heavy atom. The average molecular weight is 306 g/mol. The predicted molar refractivity (Wildman–Crippen MR) is 75.7 cm³/mol. The van der Waals surface area contributed by atoms with E-state index < -0.39 is 13.0 Å². The zero-order chi connectivity index (χ0) is 15.8. The molecule has 0 fully saturated rings. The average Bonchev–Trinajstić information content (AvgIpc) is 2.83. The fraction of sp³-hybridized carbons (Fsp3) is 0.769. The van der Waals surface area contributed by atoms with E-state index in [0.717, 1.165) is 12.2 Å². The van der Waals surface area contributed by atoms with Crippen molar-refractivity contribution < 1.29 is 18.3 Å². The molecule has 0 amide bonds. The molecule has 0 aliphatic rings. The first-order valence-electron chi connectivity index (χ1n) is 6.81. The standard InChI is InChI=1S/C13H24F2N4O2/c1-18(2)5-6-19-13(11(20-3)8-17-19)10(16)4-7-21-9-12(14)15/h8,10,12H,4-7,9,16H2,1-3H3. The Bertz CT molecular complexity index is 413. The van der Waals surface area contributed by atoms with Crippen LogP contribution in [0, 0.1) is 0 Å². The van der Waals surface area contributed by atoms with E-state index in [1.807, 2.05) is 19.0 Å². The number of methoxy groups -OCH3 is 1. The van der Waals surface area contributed by atoms with Crippen LogP contribution in [0.5, 0.6) is 5.75 Å². The zero-order valence-electron chi connectivity index (χ0n) is 12.8. The highest BCUT2D eigenvalue weighted by atomic mass is 19.3. The molecule has 0 saturated carbocycles. The van der Waals surface area contributed by atoms with E-state index in [0.29, 0.717) is 18.7 Å². The number of ether oxygens (including phenoxy) is 2. The Morgan fingerprint density at radius 2 is 2.14 bits per heavy atom. The monoisotopic (exact) mass is 306 g/mol. The first-order chi connectivity index (χ1) is 9.95. The van der Waals surface area contributed by atoms with Gasteiger partial charge in [0.25, 0.3) is 6.43 Å². The third-order valence-electron chi connectivity index (χ3n) is 2.99. The van der Waals surface area contributed by atoms with Gasteiger partial charge in [-0.2, -0.15) is 5.10 Å². The summed E-state index contributed by atoms with van der Waals surface area (Å²) in [5, 5.41) is 4.26. The van der Waals surface area contributed by atoms with Gasteiger partial charge in [-0.3, -0.25) is 4.68 Å². The normalized spacial score (nSPS) is 13.1. The lowest BCUT2D eigenvalue weighted by Crippen LogP contribution is -2.24. The first kappa shape index (κ1) is 17.8. The molecule has 0 aliphatic carbocycles. The number of nitrogens with zero attached hydrogens (tertiary/aromatic N) is 3. The summed E-state index contributed by atoms with van der Waals surface area (Å²) < 4.78 is 35.9. The highest BCUT2D eigenvalue weighted by molar-refractivity contribution is 5.28. The van der Waals surface area contributed by atoms with Gasteiger partial charge in [0, 0.05) is 13.2 Å². The number of rotatable bonds is 10. The van der Waals surface area contributed by atoms with E-state index in [9.17, 15) is 8.78 Å². The topological polar surface area (TPSA) is 65.5 Å². The molecular formula is C13H24F2N4O2. The van der Waals surface area contributed by atoms with Crippen LogP contribution >= 0.6 is 0 Å². The van der Waals surface area contributed by atoms with Crippen molar-refractivity contribution in [3.8, 4) is 5.75 Å². The molecule has 8 heteroatoms. The molecule has 1 rings (SSSR count). The molecule has 1 aromatic heterocycles. The van der Waals surface area contributed by atoms with Crippen LogP contribution in [0.25, 0.3) is 0 Å². The van der Waals surface area contributed by atoms with Crippen molar-refractivity contribution in [2.24, 2.45) is 5.73 Å². The van der Waals surface area contributed by atoms with E-state index in [1.165, 1.54) is 0 Å². The van der Waals surface area contributed by atoms with Crippen LogP contribution in [-0.2, 0) is 11.3 Å². The Kier molecular flexibility index (Phi) is 7.55. The molecule has 0 spiro atoms. The van der Waals surface area contributed by atoms with Gasteiger partial charge in [-0.15, -0.1) is 0 Å². The number of likely N-dealkylation sites (N-methyl/N-ethyl adjacent to an activating group) is 1.